The van der Waals surface area contributed by atoms with Crippen LogP contribution in [0, 0.1) is 6.92 Å². The number of amides is 2. The zero-order valence-electron chi connectivity index (χ0n) is 14.6. The van der Waals surface area contributed by atoms with Gasteiger partial charge < -0.3 is 5.32 Å². The van der Waals surface area contributed by atoms with Crippen LogP contribution in [0.1, 0.15) is 29.3 Å². The van der Waals surface area contributed by atoms with E-state index < -0.39 is 0 Å². The van der Waals surface area contributed by atoms with Gasteiger partial charge in [0, 0.05) is 23.7 Å². The summed E-state index contributed by atoms with van der Waals surface area (Å²) in [6.07, 6.45) is 1.08. The van der Waals surface area contributed by atoms with E-state index in [0.29, 0.717) is 24.5 Å². The second kappa shape index (κ2) is 8.60. The van der Waals surface area contributed by atoms with Gasteiger partial charge in [-0.2, -0.15) is 0 Å². The molecule has 2 aromatic carbocycles. The van der Waals surface area contributed by atoms with Crippen LogP contribution in [0.4, 0.5) is 11.4 Å². The number of rotatable bonds is 6. The molecule has 3 rings (SSSR count). The fourth-order valence-corrected chi connectivity index (χ4v) is 4.25. The molecule has 0 aliphatic carbocycles. The number of nitrogens with one attached hydrogen (secondary N) is 1. The van der Waals surface area contributed by atoms with Gasteiger partial charge in [0.25, 0.3) is 0 Å². The molecule has 1 N–H and O–H groups in total. The van der Waals surface area contributed by atoms with Gasteiger partial charge in [-0.15, -0.1) is 23.4 Å². The number of anilines is 2. The van der Waals surface area contributed by atoms with Crippen molar-refractivity contribution in [2.45, 2.75) is 25.1 Å². The lowest BCUT2D eigenvalue weighted by Gasteiger charge is -2.26. The van der Waals surface area contributed by atoms with E-state index in [1.165, 1.54) is 0 Å². The molecule has 0 saturated carbocycles. The van der Waals surface area contributed by atoms with Crippen LogP contribution in [0.2, 0.25) is 0 Å². The average Bonchev–Trinajstić information content (AvgIpc) is 3.02. The highest BCUT2D eigenvalue weighted by Crippen LogP contribution is 2.42. The van der Waals surface area contributed by atoms with Crippen molar-refractivity contribution >= 4 is 46.6 Å². The summed E-state index contributed by atoms with van der Waals surface area (Å²) in [5.74, 6) is 1.03. The molecule has 1 atom stereocenters. The molecule has 0 spiro atoms. The third-order valence-corrected chi connectivity index (χ3v) is 5.74. The Kier molecular flexibility index (Phi) is 6.22. The Morgan fingerprint density at radius 1 is 1.23 bits per heavy atom. The number of hydrogen-bond acceptors (Lipinski definition) is 3. The number of hydrogen-bond donors (Lipinski definition) is 1. The van der Waals surface area contributed by atoms with E-state index in [4.69, 9.17) is 11.6 Å². The Labute approximate surface area is 162 Å². The maximum atomic E-state index is 12.5. The minimum atomic E-state index is -0.0513. The largest absolute Gasteiger partial charge is 0.326 e. The van der Waals surface area contributed by atoms with Crippen molar-refractivity contribution in [3.05, 3.63) is 59.7 Å². The Hall–Kier alpha value is -1.98. The molecule has 1 fully saturated rings. The Morgan fingerprint density at radius 2 is 1.96 bits per heavy atom. The summed E-state index contributed by atoms with van der Waals surface area (Å²) in [6.45, 7) is 2.02. The molecule has 0 unspecified atom stereocenters. The standard InChI is InChI=1S/C20H21ClN2O2S/c1-14-5-2-3-6-17(14)23-19(25)13-26-20(23)15-8-10-16(11-9-15)22-18(24)7-4-12-21/h2-3,5-6,8-11,20H,4,7,12-13H2,1H3,(H,22,24)/t20-/m0/s1. The molecule has 6 heteroatoms. The van der Waals surface area contributed by atoms with E-state index in [2.05, 4.69) is 5.32 Å². The lowest BCUT2D eigenvalue weighted by Crippen LogP contribution is -2.28. The first kappa shape index (κ1) is 18.8. The van der Waals surface area contributed by atoms with E-state index in [9.17, 15) is 9.59 Å². The van der Waals surface area contributed by atoms with Crippen molar-refractivity contribution < 1.29 is 9.59 Å². The highest BCUT2D eigenvalue weighted by molar-refractivity contribution is 8.00. The van der Waals surface area contributed by atoms with Crippen LogP contribution < -0.4 is 10.2 Å². The lowest BCUT2D eigenvalue weighted by atomic mass is 10.1. The van der Waals surface area contributed by atoms with Crippen molar-refractivity contribution in [1.29, 1.82) is 0 Å². The van der Waals surface area contributed by atoms with Gasteiger partial charge in [-0.3, -0.25) is 14.5 Å². The Bertz CT molecular complexity index is 795. The number of aryl methyl sites for hydroxylation is 1. The summed E-state index contributed by atoms with van der Waals surface area (Å²) >= 11 is 7.24. The number of carbonyl (C=O) groups is 2. The van der Waals surface area contributed by atoms with Crippen molar-refractivity contribution in [2.75, 3.05) is 21.8 Å². The molecular formula is C20H21ClN2O2S. The van der Waals surface area contributed by atoms with Crippen LogP contribution in [-0.4, -0.2) is 23.4 Å². The smallest absolute Gasteiger partial charge is 0.238 e. The number of para-hydroxylation sites is 1. The highest BCUT2D eigenvalue weighted by atomic mass is 35.5. The molecule has 1 aliphatic heterocycles. The summed E-state index contributed by atoms with van der Waals surface area (Å²) in [5.41, 5.74) is 3.83. The van der Waals surface area contributed by atoms with Crippen molar-refractivity contribution in [1.82, 2.24) is 0 Å². The highest BCUT2D eigenvalue weighted by Gasteiger charge is 2.34. The SMILES string of the molecule is Cc1ccccc1N1C(=O)CS[C@H]1c1ccc(NC(=O)CCCCl)cc1. The van der Waals surface area contributed by atoms with Crippen molar-refractivity contribution in [2.24, 2.45) is 0 Å². The number of alkyl halides is 1. The average molecular weight is 389 g/mol. The van der Waals surface area contributed by atoms with Crippen LogP contribution in [0.25, 0.3) is 0 Å². The third kappa shape index (κ3) is 4.22. The van der Waals surface area contributed by atoms with Gasteiger partial charge in [0.15, 0.2) is 0 Å². The minimum Gasteiger partial charge on any atom is -0.326 e. The zero-order chi connectivity index (χ0) is 18.5. The molecule has 0 aromatic heterocycles. The van der Waals surface area contributed by atoms with Crippen molar-refractivity contribution in [3.63, 3.8) is 0 Å². The molecule has 0 bridgehead atoms. The second-order valence-electron chi connectivity index (χ2n) is 6.18. The first-order valence-electron chi connectivity index (χ1n) is 8.55. The first-order valence-corrected chi connectivity index (χ1v) is 10.1. The van der Waals surface area contributed by atoms with Crippen LogP contribution in [-0.2, 0) is 9.59 Å². The summed E-state index contributed by atoms with van der Waals surface area (Å²) < 4.78 is 0. The molecule has 0 radical (unpaired) electrons. The van der Waals surface area contributed by atoms with E-state index in [0.717, 1.165) is 22.5 Å². The summed E-state index contributed by atoms with van der Waals surface area (Å²) in [6, 6.07) is 15.6. The normalized spacial score (nSPS) is 16.8. The van der Waals surface area contributed by atoms with E-state index in [-0.39, 0.29) is 17.2 Å². The molecule has 1 heterocycles. The van der Waals surface area contributed by atoms with Crippen LogP contribution >= 0.6 is 23.4 Å². The number of thioether (sulfide) groups is 1. The zero-order valence-corrected chi connectivity index (χ0v) is 16.1. The summed E-state index contributed by atoms with van der Waals surface area (Å²) in [4.78, 5) is 26.1. The van der Waals surface area contributed by atoms with Gasteiger partial charge in [-0.25, -0.2) is 0 Å². The Morgan fingerprint density at radius 3 is 2.65 bits per heavy atom. The monoisotopic (exact) mass is 388 g/mol. The molecule has 2 amide bonds. The molecule has 4 nitrogen and oxygen atoms in total. The molecule has 2 aromatic rings. The fraction of sp³-hybridized carbons (Fsp3) is 0.300. The van der Waals surface area contributed by atoms with Crippen LogP contribution in [0.15, 0.2) is 48.5 Å². The van der Waals surface area contributed by atoms with E-state index in [1.54, 1.807) is 11.8 Å². The molecular weight excluding hydrogens is 368 g/mol. The van der Waals surface area contributed by atoms with Gasteiger partial charge in [0.2, 0.25) is 11.8 Å². The van der Waals surface area contributed by atoms with Gasteiger partial charge in [0.05, 0.1) is 5.75 Å². The predicted molar refractivity (Wildman–Crippen MR) is 109 cm³/mol. The Balaban J connectivity index is 1.77. The van der Waals surface area contributed by atoms with Crippen LogP contribution in [0.3, 0.4) is 0 Å². The van der Waals surface area contributed by atoms with E-state index in [1.807, 2.05) is 60.4 Å². The fourth-order valence-electron chi connectivity index (χ4n) is 2.95. The number of benzene rings is 2. The topological polar surface area (TPSA) is 49.4 Å². The van der Waals surface area contributed by atoms with Crippen LogP contribution in [0.5, 0.6) is 0 Å². The van der Waals surface area contributed by atoms with Gasteiger partial charge in [-0.1, -0.05) is 30.3 Å². The number of carbonyl (C=O) groups excluding carboxylic acids is 2. The molecule has 26 heavy (non-hydrogen) atoms. The number of halogens is 1. The molecule has 136 valence electrons. The quantitative estimate of drug-likeness (QED) is 0.727. The lowest BCUT2D eigenvalue weighted by molar-refractivity contribution is -0.116. The van der Waals surface area contributed by atoms with Gasteiger partial charge in [-0.05, 0) is 42.7 Å². The third-order valence-electron chi connectivity index (χ3n) is 4.26. The van der Waals surface area contributed by atoms with Gasteiger partial charge in [0.1, 0.15) is 5.37 Å². The maximum absolute atomic E-state index is 12.5. The summed E-state index contributed by atoms with van der Waals surface area (Å²) in [7, 11) is 0. The molecule has 1 saturated heterocycles. The predicted octanol–water partition coefficient (Wildman–Crippen LogP) is 4.73. The molecule has 1 aliphatic rings. The number of nitrogens with zero attached hydrogens (tertiary/aromatic N) is 1. The van der Waals surface area contributed by atoms with Gasteiger partial charge >= 0.3 is 0 Å². The second-order valence-corrected chi connectivity index (χ2v) is 7.62. The van der Waals surface area contributed by atoms with E-state index >= 15 is 0 Å². The maximum Gasteiger partial charge on any atom is 0.238 e. The summed E-state index contributed by atoms with van der Waals surface area (Å²) in [5, 5.41) is 2.82. The van der Waals surface area contributed by atoms with Crippen molar-refractivity contribution in [3.8, 4) is 0 Å². The first-order chi connectivity index (χ1) is 12.6. The minimum absolute atomic E-state index is 0.0367.